The van der Waals surface area contributed by atoms with E-state index in [9.17, 15) is 0 Å². The van der Waals surface area contributed by atoms with Crippen molar-refractivity contribution >= 4 is 0 Å². The third kappa shape index (κ3) is 2.96. The summed E-state index contributed by atoms with van der Waals surface area (Å²) in [6.45, 7) is 11.2. The number of hydrogen-bond donors (Lipinski definition) is 1. The number of rotatable bonds is 5. The molecule has 1 saturated heterocycles. The highest BCUT2D eigenvalue weighted by Crippen LogP contribution is 2.31. The molecule has 2 heteroatoms. The smallest absolute Gasteiger partial charge is 0.0594 e. The Labute approximate surface area is 88.4 Å². The number of unbranched alkanes of at least 4 members (excludes halogenated alkanes) is 1. The van der Waals surface area contributed by atoms with Crippen LogP contribution in [0.2, 0.25) is 0 Å². The van der Waals surface area contributed by atoms with Crippen LogP contribution in [0.1, 0.15) is 40.5 Å². The Morgan fingerprint density at radius 3 is 2.36 bits per heavy atom. The summed E-state index contributed by atoms with van der Waals surface area (Å²) in [5.41, 5.74) is 0. The molecule has 1 fully saturated rings. The Morgan fingerprint density at radius 1 is 1.14 bits per heavy atom. The van der Waals surface area contributed by atoms with E-state index in [2.05, 4.69) is 33.0 Å². The number of ether oxygens (including phenoxy) is 1. The van der Waals surface area contributed by atoms with E-state index < -0.39 is 0 Å². The van der Waals surface area contributed by atoms with Gasteiger partial charge in [-0.05, 0) is 32.7 Å². The largest absolute Gasteiger partial charge is 0.375 e. The van der Waals surface area contributed by atoms with Crippen molar-refractivity contribution in [2.75, 3.05) is 13.1 Å². The van der Waals surface area contributed by atoms with Crippen molar-refractivity contribution in [3.63, 3.8) is 0 Å². The molecule has 0 spiro atoms. The molecule has 0 bridgehead atoms. The number of nitrogens with one attached hydrogen (secondary N) is 1. The van der Waals surface area contributed by atoms with Gasteiger partial charge in [0.2, 0.25) is 0 Å². The quantitative estimate of drug-likeness (QED) is 0.687. The number of hydrogen-bond acceptors (Lipinski definition) is 2. The SMILES string of the molecule is CCCCNCC1C(C)OC(C)C1C. The Bertz CT molecular complexity index is 160. The van der Waals surface area contributed by atoms with Gasteiger partial charge in [0.1, 0.15) is 0 Å². The lowest BCUT2D eigenvalue weighted by Gasteiger charge is -2.18. The van der Waals surface area contributed by atoms with Crippen LogP contribution in [-0.2, 0) is 4.74 Å². The van der Waals surface area contributed by atoms with Gasteiger partial charge in [0.15, 0.2) is 0 Å². The minimum atomic E-state index is 0.425. The highest BCUT2D eigenvalue weighted by Gasteiger charge is 2.36. The molecule has 1 aliphatic heterocycles. The highest BCUT2D eigenvalue weighted by atomic mass is 16.5. The zero-order valence-electron chi connectivity index (χ0n) is 10.0. The lowest BCUT2D eigenvalue weighted by Crippen LogP contribution is -2.31. The van der Waals surface area contributed by atoms with Gasteiger partial charge >= 0.3 is 0 Å². The maximum Gasteiger partial charge on any atom is 0.0594 e. The first-order chi connectivity index (χ1) is 6.66. The van der Waals surface area contributed by atoms with E-state index in [4.69, 9.17) is 4.74 Å². The molecule has 14 heavy (non-hydrogen) atoms. The molecule has 1 aliphatic rings. The molecule has 84 valence electrons. The summed E-state index contributed by atoms with van der Waals surface area (Å²) in [6.07, 6.45) is 3.42. The molecule has 4 unspecified atom stereocenters. The van der Waals surface area contributed by atoms with Crippen molar-refractivity contribution < 1.29 is 4.74 Å². The predicted octanol–water partition coefficient (Wildman–Crippen LogP) is 2.44. The first-order valence-electron chi connectivity index (χ1n) is 6.03. The Kier molecular flexibility index (Phi) is 4.90. The first kappa shape index (κ1) is 12.0. The van der Waals surface area contributed by atoms with Gasteiger partial charge in [-0.25, -0.2) is 0 Å². The minimum Gasteiger partial charge on any atom is -0.375 e. The molecule has 1 N–H and O–H groups in total. The molecule has 2 nitrogen and oxygen atoms in total. The van der Waals surface area contributed by atoms with Crippen LogP contribution in [0.25, 0.3) is 0 Å². The zero-order chi connectivity index (χ0) is 10.6. The van der Waals surface area contributed by atoms with Crippen LogP contribution >= 0.6 is 0 Å². The molecular formula is C12H25NO. The molecule has 0 saturated carbocycles. The van der Waals surface area contributed by atoms with Crippen molar-refractivity contribution in [2.45, 2.75) is 52.7 Å². The van der Waals surface area contributed by atoms with Crippen molar-refractivity contribution in [1.29, 1.82) is 0 Å². The van der Waals surface area contributed by atoms with Gasteiger partial charge in [0.25, 0.3) is 0 Å². The highest BCUT2D eigenvalue weighted by molar-refractivity contribution is 4.84. The summed E-state index contributed by atoms with van der Waals surface area (Å²) in [5, 5.41) is 3.53. The van der Waals surface area contributed by atoms with E-state index in [-0.39, 0.29) is 0 Å². The van der Waals surface area contributed by atoms with Crippen LogP contribution in [0.15, 0.2) is 0 Å². The second-order valence-corrected chi connectivity index (χ2v) is 4.63. The summed E-state index contributed by atoms with van der Waals surface area (Å²) in [6, 6.07) is 0. The third-order valence-electron chi connectivity index (χ3n) is 3.54. The Hall–Kier alpha value is -0.0800. The summed E-state index contributed by atoms with van der Waals surface area (Å²) in [5.74, 6) is 1.39. The molecule has 0 aromatic rings. The van der Waals surface area contributed by atoms with Gasteiger partial charge in [0.05, 0.1) is 12.2 Å². The van der Waals surface area contributed by atoms with Crippen LogP contribution in [-0.4, -0.2) is 25.3 Å². The molecule has 0 aromatic carbocycles. The maximum atomic E-state index is 5.80. The standard InChI is InChI=1S/C12H25NO/c1-5-6-7-13-8-12-9(2)10(3)14-11(12)4/h9-13H,5-8H2,1-4H3. The summed E-state index contributed by atoms with van der Waals surface area (Å²) < 4.78 is 5.80. The van der Waals surface area contributed by atoms with E-state index >= 15 is 0 Å². The van der Waals surface area contributed by atoms with Crippen molar-refractivity contribution in [3.05, 3.63) is 0 Å². The lowest BCUT2D eigenvalue weighted by molar-refractivity contribution is 0.0511. The van der Waals surface area contributed by atoms with E-state index in [1.54, 1.807) is 0 Å². The Morgan fingerprint density at radius 2 is 1.86 bits per heavy atom. The van der Waals surface area contributed by atoms with Crippen molar-refractivity contribution in [3.8, 4) is 0 Å². The van der Waals surface area contributed by atoms with Crippen LogP contribution in [0.4, 0.5) is 0 Å². The van der Waals surface area contributed by atoms with Gasteiger partial charge in [-0.15, -0.1) is 0 Å². The fourth-order valence-corrected chi connectivity index (χ4v) is 2.26. The summed E-state index contributed by atoms with van der Waals surface area (Å²) in [4.78, 5) is 0. The van der Waals surface area contributed by atoms with Gasteiger partial charge in [-0.1, -0.05) is 20.3 Å². The molecule has 0 aromatic heterocycles. The average Bonchev–Trinajstić information content (AvgIpc) is 2.38. The molecule has 1 rings (SSSR count). The fraction of sp³-hybridized carbons (Fsp3) is 1.00. The molecule has 0 aliphatic carbocycles. The topological polar surface area (TPSA) is 21.3 Å². The summed E-state index contributed by atoms with van der Waals surface area (Å²) in [7, 11) is 0. The molecule has 1 heterocycles. The zero-order valence-corrected chi connectivity index (χ0v) is 10.0. The average molecular weight is 199 g/mol. The summed E-state index contributed by atoms with van der Waals surface area (Å²) >= 11 is 0. The van der Waals surface area contributed by atoms with Crippen molar-refractivity contribution in [2.24, 2.45) is 11.8 Å². The van der Waals surface area contributed by atoms with E-state index in [1.807, 2.05) is 0 Å². The van der Waals surface area contributed by atoms with Crippen LogP contribution in [0.3, 0.4) is 0 Å². The second kappa shape index (κ2) is 5.72. The van der Waals surface area contributed by atoms with Gasteiger partial charge in [0, 0.05) is 12.5 Å². The van der Waals surface area contributed by atoms with E-state index in [0.29, 0.717) is 24.0 Å². The van der Waals surface area contributed by atoms with Crippen LogP contribution in [0.5, 0.6) is 0 Å². The fourth-order valence-electron chi connectivity index (χ4n) is 2.26. The normalized spacial score (nSPS) is 37.7. The lowest BCUT2D eigenvalue weighted by atomic mass is 9.89. The van der Waals surface area contributed by atoms with E-state index in [0.717, 1.165) is 13.1 Å². The molecule has 0 amide bonds. The monoisotopic (exact) mass is 199 g/mol. The van der Waals surface area contributed by atoms with Crippen LogP contribution in [0, 0.1) is 11.8 Å². The Balaban J connectivity index is 2.22. The molecule has 0 radical (unpaired) electrons. The second-order valence-electron chi connectivity index (χ2n) is 4.63. The molecular weight excluding hydrogens is 174 g/mol. The van der Waals surface area contributed by atoms with Crippen molar-refractivity contribution in [1.82, 2.24) is 5.32 Å². The predicted molar refractivity (Wildman–Crippen MR) is 60.4 cm³/mol. The minimum absolute atomic E-state index is 0.425. The van der Waals surface area contributed by atoms with Gasteiger partial charge in [-0.3, -0.25) is 0 Å². The first-order valence-corrected chi connectivity index (χ1v) is 6.03. The third-order valence-corrected chi connectivity index (χ3v) is 3.54. The van der Waals surface area contributed by atoms with Gasteiger partial charge in [-0.2, -0.15) is 0 Å². The van der Waals surface area contributed by atoms with Crippen LogP contribution < -0.4 is 5.32 Å². The van der Waals surface area contributed by atoms with Gasteiger partial charge < -0.3 is 10.1 Å². The van der Waals surface area contributed by atoms with E-state index in [1.165, 1.54) is 12.8 Å². The molecule has 4 atom stereocenters. The maximum absolute atomic E-state index is 5.80.